The van der Waals surface area contributed by atoms with Gasteiger partial charge in [0.05, 0.1) is 42.2 Å². The first-order valence-corrected chi connectivity index (χ1v) is 7.82. The molecule has 0 bridgehead atoms. The molecular formula is C16H24N4O2. The smallest absolute Gasteiger partial charge is 0.159 e. The molecule has 0 radical (unpaired) electrons. The first-order chi connectivity index (χ1) is 10.6. The predicted octanol–water partition coefficient (Wildman–Crippen LogP) is 1.91. The summed E-state index contributed by atoms with van der Waals surface area (Å²) in [5, 5.41) is 5.63. The monoisotopic (exact) mass is 304 g/mol. The van der Waals surface area contributed by atoms with E-state index in [4.69, 9.17) is 9.47 Å². The molecule has 3 rings (SSSR count). The van der Waals surface area contributed by atoms with E-state index in [-0.39, 0.29) is 12.2 Å². The Balaban J connectivity index is 1.84. The quantitative estimate of drug-likeness (QED) is 0.863. The third-order valence-corrected chi connectivity index (χ3v) is 3.97. The Labute approximate surface area is 131 Å². The average molecular weight is 304 g/mol. The molecule has 0 N–H and O–H groups in total. The second-order valence-electron chi connectivity index (χ2n) is 6.06. The van der Waals surface area contributed by atoms with Gasteiger partial charge < -0.3 is 14.4 Å². The maximum absolute atomic E-state index is 5.82. The van der Waals surface area contributed by atoms with Crippen molar-refractivity contribution < 1.29 is 9.47 Å². The molecule has 1 unspecified atom stereocenters. The molecule has 1 aliphatic rings. The Bertz CT molecular complexity index is 653. The molecule has 1 fully saturated rings. The number of fused-ring (bicyclic) bond motifs is 1. The van der Waals surface area contributed by atoms with Crippen LogP contribution in [-0.4, -0.2) is 53.3 Å². The Morgan fingerprint density at radius 1 is 1.45 bits per heavy atom. The van der Waals surface area contributed by atoms with Crippen LogP contribution in [0.3, 0.4) is 0 Å². The zero-order chi connectivity index (χ0) is 15.7. The van der Waals surface area contributed by atoms with E-state index in [1.807, 2.05) is 38.7 Å². The van der Waals surface area contributed by atoms with E-state index in [9.17, 15) is 0 Å². The summed E-state index contributed by atoms with van der Waals surface area (Å²) >= 11 is 0. The van der Waals surface area contributed by atoms with Crippen LogP contribution in [0.1, 0.15) is 19.5 Å². The van der Waals surface area contributed by atoms with Gasteiger partial charge in [0.25, 0.3) is 0 Å². The summed E-state index contributed by atoms with van der Waals surface area (Å²) in [5.74, 6) is 0. The molecule has 0 aliphatic carbocycles. The van der Waals surface area contributed by atoms with E-state index in [2.05, 4.69) is 21.0 Å². The zero-order valence-corrected chi connectivity index (χ0v) is 13.7. The van der Waals surface area contributed by atoms with Crippen molar-refractivity contribution in [2.75, 3.05) is 31.2 Å². The molecule has 6 nitrogen and oxygen atoms in total. The fourth-order valence-corrected chi connectivity index (χ4v) is 2.96. The minimum absolute atomic E-state index is 0.108. The minimum Gasteiger partial charge on any atom is -0.376 e. The van der Waals surface area contributed by atoms with Crippen LogP contribution in [0.25, 0.3) is 11.0 Å². The standard InChI is InChI=1S/C16H24N4O2/c1-11(2)22-10-13-9-20(7-8-21-13)14-5-6-17-16-15(14)12(3)18-19(16)4/h5-6,11,13H,7-10H2,1-4H3. The van der Waals surface area contributed by atoms with Gasteiger partial charge in [-0.2, -0.15) is 5.10 Å². The van der Waals surface area contributed by atoms with Crippen LogP contribution < -0.4 is 4.90 Å². The molecule has 0 amide bonds. The van der Waals surface area contributed by atoms with E-state index in [0.29, 0.717) is 6.61 Å². The minimum atomic E-state index is 0.108. The van der Waals surface area contributed by atoms with Gasteiger partial charge in [0.2, 0.25) is 0 Å². The number of pyridine rings is 1. The highest BCUT2D eigenvalue weighted by molar-refractivity contribution is 5.91. The lowest BCUT2D eigenvalue weighted by Crippen LogP contribution is -2.45. The van der Waals surface area contributed by atoms with E-state index >= 15 is 0 Å². The second-order valence-corrected chi connectivity index (χ2v) is 6.06. The molecule has 0 aromatic carbocycles. The average Bonchev–Trinajstić information content (AvgIpc) is 2.80. The van der Waals surface area contributed by atoms with E-state index in [1.54, 1.807) is 0 Å². The number of morpholine rings is 1. The number of hydrogen-bond donors (Lipinski definition) is 0. The van der Waals surface area contributed by atoms with E-state index < -0.39 is 0 Å². The largest absolute Gasteiger partial charge is 0.376 e. The summed E-state index contributed by atoms with van der Waals surface area (Å²) in [6, 6.07) is 2.07. The molecule has 0 saturated carbocycles. The Morgan fingerprint density at radius 3 is 3.05 bits per heavy atom. The molecule has 2 aromatic heterocycles. The molecule has 1 saturated heterocycles. The van der Waals surface area contributed by atoms with Crippen LogP contribution in [0.5, 0.6) is 0 Å². The molecule has 2 aromatic rings. The summed E-state index contributed by atoms with van der Waals surface area (Å²) in [7, 11) is 1.94. The summed E-state index contributed by atoms with van der Waals surface area (Å²) in [6.45, 7) is 9.20. The zero-order valence-electron chi connectivity index (χ0n) is 13.7. The van der Waals surface area contributed by atoms with Gasteiger partial charge in [-0.15, -0.1) is 0 Å². The van der Waals surface area contributed by atoms with Crippen molar-refractivity contribution in [1.29, 1.82) is 0 Å². The molecule has 120 valence electrons. The number of aryl methyl sites for hydroxylation is 2. The van der Waals surface area contributed by atoms with E-state index in [1.165, 1.54) is 5.69 Å². The van der Waals surface area contributed by atoms with Crippen LogP contribution in [0.2, 0.25) is 0 Å². The fourth-order valence-electron chi connectivity index (χ4n) is 2.96. The van der Waals surface area contributed by atoms with Crippen LogP contribution in [0, 0.1) is 6.92 Å². The third-order valence-electron chi connectivity index (χ3n) is 3.97. The van der Waals surface area contributed by atoms with Crippen molar-refractivity contribution in [2.45, 2.75) is 33.0 Å². The molecule has 0 spiro atoms. The van der Waals surface area contributed by atoms with Crippen molar-refractivity contribution in [2.24, 2.45) is 7.05 Å². The molecule has 6 heteroatoms. The van der Waals surface area contributed by atoms with Gasteiger partial charge in [-0.25, -0.2) is 4.98 Å². The fraction of sp³-hybridized carbons (Fsp3) is 0.625. The molecular weight excluding hydrogens is 280 g/mol. The summed E-state index contributed by atoms with van der Waals surface area (Å²) in [6.07, 6.45) is 2.19. The topological polar surface area (TPSA) is 52.4 Å². The molecule has 22 heavy (non-hydrogen) atoms. The number of nitrogens with zero attached hydrogens (tertiary/aromatic N) is 4. The summed E-state index contributed by atoms with van der Waals surface area (Å²) in [4.78, 5) is 6.81. The number of anilines is 1. The van der Waals surface area contributed by atoms with E-state index in [0.717, 1.165) is 36.4 Å². The maximum Gasteiger partial charge on any atom is 0.159 e. The summed E-state index contributed by atoms with van der Waals surface area (Å²) in [5.41, 5.74) is 3.13. The van der Waals surface area contributed by atoms with Gasteiger partial charge in [0.15, 0.2) is 5.65 Å². The lowest BCUT2D eigenvalue weighted by molar-refractivity contribution is -0.0405. The highest BCUT2D eigenvalue weighted by atomic mass is 16.5. The van der Waals surface area contributed by atoms with Gasteiger partial charge in [-0.05, 0) is 26.8 Å². The van der Waals surface area contributed by atoms with Gasteiger partial charge in [-0.1, -0.05) is 0 Å². The third kappa shape index (κ3) is 2.94. The lowest BCUT2D eigenvalue weighted by Gasteiger charge is -2.35. The molecule has 1 aliphatic heterocycles. The predicted molar refractivity (Wildman–Crippen MR) is 86.3 cm³/mol. The number of hydrogen-bond acceptors (Lipinski definition) is 5. The molecule has 3 heterocycles. The number of aromatic nitrogens is 3. The van der Waals surface area contributed by atoms with Crippen molar-refractivity contribution in [3.05, 3.63) is 18.0 Å². The lowest BCUT2D eigenvalue weighted by atomic mass is 10.2. The van der Waals surface area contributed by atoms with Crippen molar-refractivity contribution in [3.63, 3.8) is 0 Å². The van der Waals surface area contributed by atoms with Crippen LogP contribution in [0.15, 0.2) is 12.3 Å². The SMILES string of the molecule is Cc1nn(C)c2nccc(N3CCOC(COC(C)C)C3)c12. The highest BCUT2D eigenvalue weighted by Crippen LogP contribution is 2.29. The van der Waals surface area contributed by atoms with Gasteiger partial charge in [-0.3, -0.25) is 4.68 Å². The maximum atomic E-state index is 5.82. The van der Waals surface area contributed by atoms with Crippen molar-refractivity contribution in [3.8, 4) is 0 Å². The molecule has 1 atom stereocenters. The Hall–Kier alpha value is -1.66. The Morgan fingerprint density at radius 2 is 2.27 bits per heavy atom. The van der Waals surface area contributed by atoms with Crippen molar-refractivity contribution >= 4 is 16.7 Å². The van der Waals surface area contributed by atoms with Crippen LogP contribution in [0.4, 0.5) is 5.69 Å². The van der Waals surface area contributed by atoms with Crippen molar-refractivity contribution in [1.82, 2.24) is 14.8 Å². The van der Waals surface area contributed by atoms with Gasteiger partial charge in [0.1, 0.15) is 0 Å². The van der Waals surface area contributed by atoms with Gasteiger partial charge >= 0.3 is 0 Å². The summed E-state index contributed by atoms with van der Waals surface area (Å²) < 4.78 is 13.4. The normalized spacial score (nSPS) is 19.3. The number of ether oxygens (including phenoxy) is 2. The van der Waals surface area contributed by atoms with Gasteiger partial charge in [0, 0.05) is 26.3 Å². The Kier molecular flexibility index (Phi) is 4.31. The number of rotatable bonds is 4. The van der Waals surface area contributed by atoms with Crippen LogP contribution in [-0.2, 0) is 16.5 Å². The second kappa shape index (κ2) is 6.22. The van der Waals surface area contributed by atoms with Crippen LogP contribution >= 0.6 is 0 Å². The highest BCUT2D eigenvalue weighted by Gasteiger charge is 2.24. The first kappa shape index (κ1) is 15.2. The first-order valence-electron chi connectivity index (χ1n) is 7.82.